The first kappa shape index (κ1) is 24.7. The van der Waals surface area contributed by atoms with E-state index >= 15 is 8.78 Å². The summed E-state index contributed by atoms with van der Waals surface area (Å²) < 4.78 is 36.7. The molecule has 190 valence electrons. The molecule has 3 heterocycles. The number of carbonyl (C=O) groups is 1. The van der Waals surface area contributed by atoms with Crippen molar-refractivity contribution in [3.8, 4) is 22.1 Å². The van der Waals surface area contributed by atoms with Gasteiger partial charge in [0.1, 0.15) is 22.1 Å². The number of piperidine rings is 1. The number of benzene rings is 2. The molecule has 0 aliphatic carbocycles. The summed E-state index contributed by atoms with van der Waals surface area (Å²) in [7, 11) is 0. The molecule has 0 saturated carbocycles. The maximum atomic E-state index is 16.0. The van der Waals surface area contributed by atoms with Crippen LogP contribution in [0.15, 0.2) is 60.2 Å². The Morgan fingerprint density at radius 1 is 1.22 bits per heavy atom. The maximum absolute atomic E-state index is 16.0. The van der Waals surface area contributed by atoms with Crippen molar-refractivity contribution in [2.75, 3.05) is 29.9 Å². The number of halogens is 2. The number of hydrogen-bond acceptors (Lipinski definition) is 8. The molecule has 0 unspecified atom stereocenters. The van der Waals surface area contributed by atoms with Gasteiger partial charge in [-0.1, -0.05) is 18.2 Å². The van der Waals surface area contributed by atoms with Gasteiger partial charge in [-0.15, -0.1) is 11.3 Å². The van der Waals surface area contributed by atoms with Gasteiger partial charge in [-0.25, -0.2) is 13.8 Å². The summed E-state index contributed by atoms with van der Waals surface area (Å²) in [5.74, 6) is -2.51. The number of amides is 1. The van der Waals surface area contributed by atoms with E-state index in [0.717, 1.165) is 18.9 Å². The van der Waals surface area contributed by atoms with Gasteiger partial charge in [0.2, 0.25) is 5.75 Å². The number of para-hydroxylation sites is 1. The third-order valence-corrected chi connectivity index (χ3v) is 6.99. The van der Waals surface area contributed by atoms with Gasteiger partial charge in [-0.3, -0.25) is 4.79 Å². The van der Waals surface area contributed by atoms with Gasteiger partial charge in [-0.05, 0) is 43.5 Å². The van der Waals surface area contributed by atoms with E-state index in [9.17, 15) is 4.79 Å². The van der Waals surface area contributed by atoms with Crippen molar-refractivity contribution in [2.24, 2.45) is 11.7 Å². The fraction of sp³-hybridized carbons (Fsp3) is 0.231. The van der Waals surface area contributed by atoms with Gasteiger partial charge in [0.15, 0.2) is 11.6 Å². The minimum Gasteiger partial charge on any atom is -0.451 e. The summed E-state index contributed by atoms with van der Waals surface area (Å²) >= 11 is 1.25. The standard InChI is InChI=1S/C26H24F2N6O2S/c27-19-11-20(32-25(35)21-15-37-26(33-21)17-8-9-30-31-13-17)23(34-10-4-5-16(12-29)14-34)22(28)24(19)36-18-6-2-1-3-7-18/h1-3,6-9,11,13,15-16H,4-5,10,12,14,29H2,(H,32,35)/t16-/m0/s1. The molecular formula is C26H24F2N6O2S. The number of hydrogen-bond donors (Lipinski definition) is 2. The molecule has 2 aromatic carbocycles. The van der Waals surface area contributed by atoms with E-state index in [-0.39, 0.29) is 23.0 Å². The quantitative estimate of drug-likeness (QED) is 0.348. The number of nitrogens with two attached hydrogens (primary N) is 1. The summed E-state index contributed by atoms with van der Waals surface area (Å²) in [4.78, 5) is 19.3. The highest BCUT2D eigenvalue weighted by Crippen LogP contribution is 2.41. The highest BCUT2D eigenvalue weighted by molar-refractivity contribution is 7.13. The lowest BCUT2D eigenvalue weighted by Gasteiger charge is -2.35. The molecule has 0 radical (unpaired) electrons. The van der Waals surface area contributed by atoms with E-state index in [1.165, 1.54) is 17.5 Å². The second kappa shape index (κ2) is 11.0. The first-order chi connectivity index (χ1) is 18.0. The Kier molecular flexibility index (Phi) is 7.33. The maximum Gasteiger partial charge on any atom is 0.275 e. The van der Waals surface area contributed by atoms with Crippen LogP contribution in [0.25, 0.3) is 10.6 Å². The van der Waals surface area contributed by atoms with Crippen molar-refractivity contribution in [3.63, 3.8) is 0 Å². The van der Waals surface area contributed by atoms with Crippen LogP contribution in [0, 0.1) is 17.6 Å². The largest absolute Gasteiger partial charge is 0.451 e. The molecule has 1 aliphatic heterocycles. The highest BCUT2D eigenvalue weighted by atomic mass is 32.1. The summed E-state index contributed by atoms with van der Waals surface area (Å²) in [6.45, 7) is 1.45. The smallest absolute Gasteiger partial charge is 0.275 e. The van der Waals surface area contributed by atoms with Crippen molar-refractivity contribution in [2.45, 2.75) is 12.8 Å². The Morgan fingerprint density at radius 3 is 2.81 bits per heavy atom. The van der Waals surface area contributed by atoms with Crippen LogP contribution in [0.4, 0.5) is 20.2 Å². The van der Waals surface area contributed by atoms with Crippen molar-refractivity contribution in [1.82, 2.24) is 15.2 Å². The number of aromatic nitrogens is 3. The van der Waals surface area contributed by atoms with Crippen molar-refractivity contribution < 1.29 is 18.3 Å². The lowest BCUT2D eigenvalue weighted by atomic mass is 9.97. The number of anilines is 2. The average Bonchev–Trinajstić information content (AvgIpc) is 3.43. The topological polar surface area (TPSA) is 106 Å². The van der Waals surface area contributed by atoms with Gasteiger partial charge in [0.25, 0.3) is 5.91 Å². The zero-order chi connectivity index (χ0) is 25.8. The minimum absolute atomic E-state index is 0.00166. The molecule has 1 fully saturated rings. The predicted molar refractivity (Wildman–Crippen MR) is 138 cm³/mol. The Hall–Kier alpha value is -3.96. The minimum atomic E-state index is -0.936. The Morgan fingerprint density at radius 2 is 2.05 bits per heavy atom. The lowest BCUT2D eigenvalue weighted by Crippen LogP contribution is -2.39. The number of carbonyl (C=O) groups excluding carboxylic acids is 1. The normalized spacial score (nSPS) is 15.4. The summed E-state index contributed by atoms with van der Waals surface area (Å²) in [5, 5.41) is 12.4. The molecule has 4 aromatic rings. The Bertz CT molecular complexity index is 1390. The fourth-order valence-corrected chi connectivity index (χ4v) is 5.06. The Balaban J connectivity index is 1.49. The second-order valence-electron chi connectivity index (χ2n) is 8.63. The summed E-state index contributed by atoms with van der Waals surface area (Å²) in [6, 6.07) is 11.2. The van der Waals surface area contributed by atoms with Crippen LogP contribution in [0.3, 0.4) is 0 Å². The van der Waals surface area contributed by atoms with Gasteiger partial charge >= 0.3 is 0 Å². The number of nitrogens with zero attached hydrogens (tertiary/aromatic N) is 4. The van der Waals surface area contributed by atoms with Crippen molar-refractivity contribution >= 4 is 28.6 Å². The number of thiazole rings is 1. The first-order valence-electron chi connectivity index (χ1n) is 11.8. The van der Waals surface area contributed by atoms with Gasteiger partial charge < -0.3 is 20.7 Å². The molecular weight excluding hydrogens is 498 g/mol. The number of rotatable bonds is 7. The molecule has 3 N–H and O–H groups in total. The van der Waals surface area contributed by atoms with E-state index in [1.807, 2.05) is 0 Å². The van der Waals surface area contributed by atoms with Crippen LogP contribution in [0.1, 0.15) is 23.3 Å². The van der Waals surface area contributed by atoms with Crippen LogP contribution in [-0.4, -0.2) is 40.7 Å². The van der Waals surface area contributed by atoms with Gasteiger partial charge in [0.05, 0.1) is 18.1 Å². The molecule has 37 heavy (non-hydrogen) atoms. The van der Waals surface area contributed by atoms with Crippen LogP contribution >= 0.6 is 11.3 Å². The van der Waals surface area contributed by atoms with Crippen molar-refractivity contribution in [1.29, 1.82) is 0 Å². The molecule has 8 nitrogen and oxygen atoms in total. The zero-order valence-electron chi connectivity index (χ0n) is 19.7. The fourth-order valence-electron chi connectivity index (χ4n) is 4.27. The summed E-state index contributed by atoms with van der Waals surface area (Å²) in [5.41, 5.74) is 6.78. The van der Waals surface area contributed by atoms with Crippen LogP contribution in [0.5, 0.6) is 11.5 Å². The molecule has 1 aliphatic rings. The highest BCUT2D eigenvalue weighted by Gasteiger charge is 2.29. The van der Waals surface area contributed by atoms with E-state index in [4.69, 9.17) is 10.5 Å². The average molecular weight is 523 g/mol. The SMILES string of the molecule is NC[C@@H]1CCCN(c2c(NC(=O)c3csc(-c4ccnnc4)n3)cc(F)c(Oc3ccccc3)c2F)C1. The molecule has 0 bridgehead atoms. The van der Waals surface area contributed by atoms with Crippen molar-refractivity contribution in [3.05, 3.63) is 77.6 Å². The van der Waals surface area contributed by atoms with E-state index in [0.29, 0.717) is 36.0 Å². The third-order valence-electron chi connectivity index (χ3n) is 6.10. The summed E-state index contributed by atoms with van der Waals surface area (Å²) in [6.07, 6.45) is 4.77. The third kappa shape index (κ3) is 5.42. The van der Waals surface area contributed by atoms with Crippen LogP contribution < -0.4 is 20.7 Å². The van der Waals surface area contributed by atoms with E-state index < -0.39 is 23.3 Å². The zero-order valence-corrected chi connectivity index (χ0v) is 20.5. The molecule has 1 saturated heterocycles. The monoisotopic (exact) mass is 522 g/mol. The van der Waals surface area contributed by atoms with Gasteiger partial charge in [0, 0.05) is 30.1 Å². The molecule has 0 spiro atoms. The van der Waals surface area contributed by atoms with Gasteiger partial charge in [-0.2, -0.15) is 10.2 Å². The van der Waals surface area contributed by atoms with Crippen LogP contribution in [0.2, 0.25) is 0 Å². The van der Waals surface area contributed by atoms with E-state index in [1.54, 1.807) is 52.9 Å². The number of nitrogens with one attached hydrogen (secondary N) is 1. The van der Waals surface area contributed by atoms with Crippen LogP contribution in [-0.2, 0) is 0 Å². The molecule has 11 heteroatoms. The first-order valence-corrected chi connectivity index (χ1v) is 12.6. The second-order valence-corrected chi connectivity index (χ2v) is 9.48. The Labute approximate surface area is 216 Å². The molecule has 5 rings (SSSR count). The van der Waals surface area contributed by atoms with E-state index in [2.05, 4.69) is 20.5 Å². The lowest BCUT2D eigenvalue weighted by molar-refractivity contribution is 0.102. The predicted octanol–water partition coefficient (Wildman–Crippen LogP) is 5.10. The molecule has 1 atom stereocenters. The number of ether oxygens (including phenoxy) is 1. The molecule has 1 amide bonds. The molecule has 2 aromatic heterocycles.